The first-order valence-electron chi connectivity index (χ1n) is 6.62. The lowest BCUT2D eigenvalue weighted by Gasteiger charge is -2.28. The van der Waals surface area contributed by atoms with Crippen molar-refractivity contribution < 1.29 is 18.3 Å². The van der Waals surface area contributed by atoms with E-state index in [9.17, 15) is 13.2 Å². The molecule has 0 bridgehead atoms. The average molecular weight is 378 g/mol. The molecule has 0 spiro atoms. The van der Waals surface area contributed by atoms with Crippen LogP contribution in [0.4, 0.5) is 0 Å². The molecule has 118 valence electrons. The lowest BCUT2D eigenvalue weighted by atomic mass is 10.2. The second-order valence-electron chi connectivity index (χ2n) is 5.51. The molecule has 7 heteroatoms. The van der Waals surface area contributed by atoms with Gasteiger partial charge in [-0.15, -0.1) is 0 Å². The Bertz CT molecular complexity index is 626. The number of hydrogen-bond acceptors (Lipinski definition) is 3. The predicted molar refractivity (Wildman–Crippen MR) is 85.0 cm³/mol. The van der Waals surface area contributed by atoms with Crippen LogP contribution in [-0.2, 0) is 10.0 Å². The summed E-state index contributed by atoms with van der Waals surface area (Å²) in [7, 11) is -3.76. The molecule has 0 aromatic heterocycles. The van der Waals surface area contributed by atoms with Crippen molar-refractivity contribution in [2.75, 3.05) is 6.54 Å². The number of halogens is 1. The number of carbonyl (C=O) groups is 1. The van der Waals surface area contributed by atoms with Gasteiger partial charge in [0.15, 0.2) is 0 Å². The fourth-order valence-corrected chi connectivity index (χ4v) is 4.66. The molecular weight excluding hydrogens is 358 g/mol. The molecule has 1 rings (SSSR count). The number of benzene rings is 1. The van der Waals surface area contributed by atoms with Gasteiger partial charge in [-0.1, -0.05) is 13.8 Å². The van der Waals surface area contributed by atoms with Gasteiger partial charge < -0.3 is 5.11 Å². The van der Waals surface area contributed by atoms with Gasteiger partial charge in [-0.2, -0.15) is 4.31 Å². The molecule has 1 N–H and O–H groups in total. The topological polar surface area (TPSA) is 74.7 Å². The van der Waals surface area contributed by atoms with Crippen LogP contribution < -0.4 is 0 Å². The Morgan fingerprint density at radius 1 is 1.29 bits per heavy atom. The first-order chi connectivity index (χ1) is 9.57. The van der Waals surface area contributed by atoms with Crippen molar-refractivity contribution >= 4 is 31.9 Å². The third kappa shape index (κ3) is 4.28. The molecule has 0 amide bonds. The lowest BCUT2D eigenvalue weighted by molar-refractivity contribution is 0.0696. The van der Waals surface area contributed by atoms with Gasteiger partial charge in [0, 0.05) is 17.1 Å². The fraction of sp³-hybridized carbons (Fsp3) is 0.500. The Labute approximate surface area is 134 Å². The highest BCUT2D eigenvalue weighted by molar-refractivity contribution is 9.10. The summed E-state index contributed by atoms with van der Waals surface area (Å²) in [6.45, 7) is 7.86. The van der Waals surface area contributed by atoms with E-state index in [0.717, 1.165) is 0 Å². The first-order valence-corrected chi connectivity index (χ1v) is 8.85. The van der Waals surface area contributed by atoms with Crippen molar-refractivity contribution in [1.29, 1.82) is 0 Å². The quantitative estimate of drug-likeness (QED) is 0.825. The zero-order chi connectivity index (χ0) is 16.4. The van der Waals surface area contributed by atoms with Crippen LogP contribution in [0.5, 0.6) is 0 Å². The normalized spacial score (nSPS) is 12.4. The third-order valence-electron chi connectivity index (χ3n) is 2.89. The minimum atomic E-state index is -3.76. The van der Waals surface area contributed by atoms with Gasteiger partial charge in [0.2, 0.25) is 10.0 Å². The Hall–Kier alpha value is -0.920. The fourth-order valence-electron chi connectivity index (χ4n) is 1.91. The standard InChI is InChI=1S/C14H20BrNO4S/c1-9(2)8-16(10(3)4)21(19,20)13-7-11(14(17)18)5-6-12(13)15/h5-7,9-10H,8H2,1-4H3,(H,17,18). The zero-order valence-corrected chi connectivity index (χ0v) is 14.9. The molecule has 0 atom stereocenters. The van der Waals surface area contributed by atoms with Crippen LogP contribution in [-0.4, -0.2) is 36.4 Å². The van der Waals surface area contributed by atoms with E-state index in [0.29, 0.717) is 11.0 Å². The van der Waals surface area contributed by atoms with Crippen molar-refractivity contribution in [3.05, 3.63) is 28.2 Å². The monoisotopic (exact) mass is 377 g/mol. The Morgan fingerprint density at radius 2 is 1.86 bits per heavy atom. The predicted octanol–water partition coefficient (Wildman–Crippen LogP) is 3.20. The van der Waals surface area contributed by atoms with Crippen LogP contribution in [0.25, 0.3) is 0 Å². The Kier molecular flexibility index (Phi) is 5.95. The van der Waals surface area contributed by atoms with E-state index in [1.165, 1.54) is 22.5 Å². The largest absolute Gasteiger partial charge is 0.478 e. The van der Waals surface area contributed by atoms with E-state index >= 15 is 0 Å². The van der Waals surface area contributed by atoms with Gasteiger partial charge >= 0.3 is 5.97 Å². The molecule has 1 aromatic rings. The van der Waals surface area contributed by atoms with E-state index in [4.69, 9.17) is 5.11 Å². The maximum atomic E-state index is 12.8. The van der Waals surface area contributed by atoms with Gasteiger partial charge in [-0.05, 0) is 53.9 Å². The molecule has 0 aliphatic rings. The number of carboxylic acid groups (broad SMARTS) is 1. The van der Waals surface area contributed by atoms with Crippen LogP contribution in [0, 0.1) is 5.92 Å². The van der Waals surface area contributed by atoms with Crippen molar-refractivity contribution in [3.63, 3.8) is 0 Å². The van der Waals surface area contributed by atoms with Crippen molar-refractivity contribution in [2.45, 2.75) is 38.6 Å². The van der Waals surface area contributed by atoms with E-state index < -0.39 is 16.0 Å². The highest BCUT2D eigenvalue weighted by Crippen LogP contribution is 2.28. The lowest BCUT2D eigenvalue weighted by Crippen LogP contribution is -2.39. The van der Waals surface area contributed by atoms with Crippen molar-refractivity contribution in [1.82, 2.24) is 4.31 Å². The molecule has 0 unspecified atom stereocenters. The highest BCUT2D eigenvalue weighted by atomic mass is 79.9. The molecule has 1 aromatic carbocycles. The van der Waals surface area contributed by atoms with Crippen LogP contribution in [0.15, 0.2) is 27.6 Å². The maximum Gasteiger partial charge on any atom is 0.335 e. The number of nitrogens with zero attached hydrogens (tertiary/aromatic N) is 1. The summed E-state index contributed by atoms with van der Waals surface area (Å²) in [4.78, 5) is 11.0. The van der Waals surface area contributed by atoms with Gasteiger partial charge in [0.1, 0.15) is 0 Å². The number of rotatable bonds is 6. The summed E-state index contributed by atoms with van der Waals surface area (Å²) in [5.74, 6) is -0.984. The maximum absolute atomic E-state index is 12.8. The van der Waals surface area contributed by atoms with Crippen molar-refractivity contribution in [3.8, 4) is 0 Å². The number of carboxylic acids is 1. The summed E-state index contributed by atoms with van der Waals surface area (Å²) in [6.07, 6.45) is 0. The molecule has 5 nitrogen and oxygen atoms in total. The van der Waals surface area contributed by atoms with Crippen LogP contribution >= 0.6 is 15.9 Å². The summed E-state index contributed by atoms with van der Waals surface area (Å²) in [5.41, 5.74) is -0.0509. The summed E-state index contributed by atoms with van der Waals surface area (Å²) >= 11 is 3.20. The molecule has 21 heavy (non-hydrogen) atoms. The van der Waals surface area contributed by atoms with Gasteiger partial charge in [0.05, 0.1) is 10.5 Å². The number of sulfonamides is 1. The van der Waals surface area contributed by atoms with E-state index in [1.807, 2.05) is 13.8 Å². The molecular formula is C14H20BrNO4S. The summed E-state index contributed by atoms with van der Waals surface area (Å²) in [5, 5.41) is 9.04. The molecule has 0 radical (unpaired) electrons. The van der Waals surface area contributed by atoms with E-state index in [2.05, 4.69) is 15.9 Å². The average Bonchev–Trinajstić information content (AvgIpc) is 2.35. The Morgan fingerprint density at radius 3 is 2.29 bits per heavy atom. The molecule has 0 aliphatic carbocycles. The minimum absolute atomic E-state index is 0.0169. The van der Waals surface area contributed by atoms with E-state index in [1.54, 1.807) is 13.8 Å². The van der Waals surface area contributed by atoms with Crippen molar-refractivity contribution in [2.24, 2.45) is 5.92 Å². The second-order valence-corrected chi connectivity index (χ2v) is 8.23. The zero-order valence-electron chi connectivity index (χ0n) is 12.5. The molecule has 0 fully saturated rings. The first kappa shape index (κ1) is 18.1. The molecule has 0 aliphatic heterocycles. The van der Waals surface area contributed by atoms with Gasteiger partial charge in [0.25, 0.3) is 0 Å². The van der Waals surface area contributed by atoms with Crippen LogP contribution in [0.3, 0.4) is 0 Å². The van der Waals surface area contributed by atoms with Gasteiger partial charge in [-0.3, -0.25) is 0 Å². The summed E-state index contributed by atoms with van der Waals surface area (Å²) in [6, 6.07) is 3.80. The van der Waals surface area contributed by atoms with Crippen LogP contribution in [0.1, 0.15) is 38.1 Å². The molecule has 0 saturated heterocycles. The smallest absolute Gasteiger partial charge is 0.335 e. The summed E-state index contributed by atoms with van der Waals surface area (Å²) < 4.78 is 27.4. The third-order valence-corrected chi connectivity index (χ3v) is 5.92. The molecule has 0 heterocycles. The van der Waals surface area contributed by atoms with E-state index in [-0.39, 0.29) is 22.4 Å². The number of aromatic carboxylic acids is 1. The Balaban J connectivity index is 3.40. The SMILES string of the molecule is CC(C)CN(C(C)C)S(=O)(=O)c1cc(C(=O)O)ccc1Br. The van der Waals surface area contributed by atoms with Crippen LogP contribution in [0.2, 0.25) is 0 Å². The minimum Gasteiger partial charge on any atom is -0.478 e. The molecule has 0 saturated carbocycles. The van der Waals surface area contributed by atoms with Gasteiger partial charge in [-0.25, -0.2) is 13.2 Å². The second kappa shape index (κ2) is 6.89. The number of hydrogen-bond donors (Lipinski definition) is 1. The highest BCUT2D eigenvalue weighted by Gasteiger charge is 2.30.